The van der Waals surface area contributed by atoms with Crippen LogP contribution in [0.3, 0.4) is 0 Å². The quantitative estimate of drug-likeness (QED) is 0.439. The van der Waals surface area contributed by atoms with Crippen LogP contribution in [0.4, 0.5) is 5.69 Å². The number of nitrogens with one attached hydrogen (secondary N) is 1. The predicted octanol–water partition coefficient (Wildman–Crippen LogP) is 4.15. The van der Waals surface area contributed by atoms with Crippen LogP contribution in [0, 0.1) is 6.92 Å². The van der Waals surface area contributed by atoms with E-state index in [-0.39, 0.29) is 43.8 Å². The molecule has 0 bridgehead atoms. The van der Waals surface area contributed by atoms with Gasteiger partial charge >= 0.3 is 0 Å². The molecular formula is C26H36ClN3O5S. The Hall–Kier alpha value is -2.78. The van der Waals surface area contributed by atoms with Crippen molar-refractivity contribution in [3.8, 4) is 5.75 Å². The highest BCUT2D eigenvalue weighted by molar-refractivity contribution is 7.92. The van der Waals surface area contributed by atoms with Crippen molar-refractivity contribution in [3.63, 3.8) is 0 Å². The molecule has 0 saturated heterocycles. The average molecular weight is 538 g/mol. The van der Waals surface area contributed by atoms with Gasteiger partial charge in [0.15, 0.2) is 0 Å². The summed E-state index contributed by atoms with van der Waals surface area (Å²) in [5.74, 6) is 0.147. The average Bonchev–Trinajstić information content (AvgIpc) is 2.80. The van der Waals surface area contributed by atoms with E-state index in [2.05, 4.69) is 5.32 Å². The molecule has 2 aromatic rings. The Morgan fingerprint density at radius 3 is 2.42 bits per heavy atom. The van der Waals surface area contributed by atoms with Gasteiger partial charge in [-0.25, -0.2) is 8.42 Å². The number of carbonyl (C=O) groups is 2. The fourth-order valence-electron chi connectivity index (χ4n) is 3.79. The first-order valence-electron chi connectivity index (χ1n) is 11.8. The van der Waals surface area contributed by atoms with Gasteiger partial charge in [0.05, 0.1) is 19.1 Å². The summed E-state index contributed by atoms with van der Waals surface area (Å²) in [6, 6.07) is 11.6. The Morgan fingerprint density at radius 2 is 1.81 bits per heavy atom. The number of carbonyl (C=O) groups excluding carboxylic acids is 2. The molecule has 2 amide bonds. The van der Waals surface area contributed by atoms with E-state index in [1.807, 2.05) is 38.1 Å². The third-order valence-electron chi connectivity index (χ3n) is 5.68. The van der Waals surface area contributed by atoms with Crippen molar-refractivity contribution in [1.82, 2.24) is 10.2 Å². The number of amides is 2. The van der Waals surface area contributed by atoms with Gasteiger partial charge in [-0.05, 0) is 69.5 Å². The van der Waals surface area contributed by atoms with E-state index >= 15 is 0 Å². The molecule has 0 heterocycles. The second-order valence-electron chi connectivity index (χ2n) is 9.08. The Bertz CT molecular complexity index is 1170. The van der Waals surface area contributed by atoms with Crippen molar-refractivity contribution in [2.24, 2.45) is 0 Å². The highest BCUT2D eigenvalue weighted by Crippen LogP contribution is 2.27. The molecule has 198 valence electrons. The van der Waals surface area contributed by atoms with Crippen molar-refractivity contribution >= 4 is 39.1 Å². The maximum Gasteiger partial charge on any atom is 0.242 e. The lowest BCUT2D eigenvalue weighted by molar-refractivity contribution is -0.140. The molecule has 1 atom stereocenters. The lowest BCUT2D eigenvalue weighted by Crippen LogP contribution is -2.49. The van der Waals surface area contributed by atoms with Crippen molar-refractivity contribution in [3.05, 3.63) is 58.6 Å². The number of sulfonamides is 1. The number of hydrogen-bond donors (Lipinski definition) is 1. The molecule has 0 aliphatic rings. The first kappa shape index (κ1) is 29.5. The fourth-order valence-corrected chi connectivity index (χ4v) is 4.97. The Balaban J connectivity index is 2.22. The SMILES string of the molecule is COc1cccc(CN(C(=O)CCCN(c2cc(Cl)ccc2C)S(C)(=O)=O)[C@@H](C)C(=O)NC(C)C)c1. The highest BCUT2D eigenvalue weighted by Gasteiger charge is 2.27. The van der Waals surface area contributed by atoms with E-state index in [4.69, 9.17) is 16.3 Å². The second-order valence-corrected chi connectivity index (χ2v) is 11.4. The van der Waals surface area contributed by atoms with Gasteiger partial charge in [0.1, 0.15) is 11.8 Å². The number of benzene rings is 2. The molecule has 8 nitrogen and oxygen atoms in total. The summed E-state index contributed by atoms with van der Waals surface area (Å²) in [7, 11) is -2.04. The predicted molar refractivity (Wildman–Crippen MR) is 144 cm³/mol. The van der Waals surface area contributed by atoms with Gasteiger partial charge in [0.25, 0.3) is 0 Å². The van der Waals surface area contributed by atoms with Gasteiger partial charge in [-0.2, -0.15) is 0 Å². The summed E-state index contributed by atoms with van der Waals surface area (Å²) in [4.78, 5) is 27.6. The molecule has 0 spiro atoms. The minimum atomic E-state index is -3.60. The molecule has 0 unspecified atom stereocenters. The number of hydrogen-bond acceptors (Lipinski definition) is 5. The van der Waals surface area contributed by atoms with E-state index in [9.17, 15) is 18.0 Å². The minimum absolute atomic E-state index is 0.0644. The second kappa shape index (κ2) is 13.0. The summed E-state index contributed by atoms with van der Waals surface area (Å²) in [6.07, 6.45) is 1.46. The lowest BCUT2D eigenvalue weighted by atomic mass is 10.1. The van der Waals surface area contributed by atoms with Crippen molar-refractivity contribution < 1.29 is 22.7 Å². The molecule has 0 aliphatic carbocycles. The maximum atomic E-state index is 13.3. The van der Waals surface area contributed by atoms with Crippen LogP contribution in [-0.4, -0.2) is 57.1 Å². The number of halogens is 1. The van der Waals surface area contributed by atoms with Crippen LogP contribution in [0.15, 0.2) is 42.5 Å². The summed E-state index contributed by atoms with van der Waals surface area (Å²) in [5.41, 5.74) is 2.06. The zero-order valence-corrected chi connectivity index (χ0v) is 23.3. The van der Waals surface area contributed by atoms with Crippen LogP contribution in [0.5, 0.6) is 5.75 Å². The van der Waals surface area contributed by atoms with E-state index in [1.54, 1.807) is 39.2 Å². The van der Waals surface area contributed by atoms with Gasteiger partial charge < -0.3 is 15.0 Å². The molecule has 0 fully saturated rings. The van der Waals surface area contributed by atoms with Gasteiger partial charge in [-0.1, -0.05) is 29.8 Å². The third-order valence-corrected chi connectivity index (χ3v) is 7.09. The number of nitrogens with zero attached hydrogens (tertiary/aromatic N) is 2. The van der Waals surface area contributed by atoms with Crippen LogP contribution >= 0.6 is 11.6 Å². The first-order chi connectivity index (χ1) is 16.8. The van der Waals surface area contributed by atoms with Crippen LogP contribution in [0.2, 0.25) is 5.02 Å². The molecule has 0 aliphatic heterocycles. The molecule has 1 N–H and O–H groups in total. The molecule has 0 saturated carbocycles. The fraction of sp³-hybridized carbons (Fsp3) is 0.462. The summed E-state index contributed by atoms with van der Waals surface area (Å²) in [5, 5.41) is 3.28. The number of ether oxygens (including phenoxy) is 1. The van der Waals surface area contributed by atoms with Gasteiger partial charge in [-0.3, -0.25) is 13.9 Å². The standard InChI is InChI=1S/C26H36ClN3O5S/c1-18(2)28-26(32)20(4)29(17-21-9-7-10-23(15-21)35-5)25(31)11-8-14-30(36(6,33)34)24-16-22(27)13-12-19(24)3/h7,9-10,12-13,15-16,18,20H,8,11,14,17H2,1-6H3,(H,28,32)/t20-/m0/s1. The first-order valence-corrected chi connectivity index (χ1v) is 14.0. The van der Waals surface area contributed by atoms with Crippen molar-refractivity contribution in [2.45, 2.75) is 59.2 Å². The van der Waals surface area contributed by atoms with Crippen molar-refractivity contribution in [2.75, 3.05) is 24.2 Å². The number of rotatable bonds is 12. The Labute approximate surface area is 219 Å². The van der Waals surface area contributed by atoms with E-state index in [1.165, 1.54) is 9.21 Å². The van der Waals surface area contributed by atoms with E-state index in [0.717, 1.165) is 17.4 Å². The highest BCUT2D eigenvalue weighted by atomic mass is 35.5. The largest absolute Gasteiger partial charge is 0.497 e. The smallest absolute Gasteiger partial charge is 0.242 e. The molecule has 0 radical (unpaired) electrons. The third kappa shape index (κ3) is 8.41. The van der Waals surface area contributed by atoms with Crippen LogP contribution < -0.4 is 14.4 Å². The lowest BCUT2D eigenvalue weighted by Gasteiger charge is -2.30. The van der Waals surface area contributed by atoms with Crippen LogP contribution in [-0.2, 0) is 26.2 Å². The summed E-state index contributed by atoms with van der Waals surface area (Å²) >= 11 is 6.11. The molecular weight excluding hydrogens is 502 g/mol. The van der Waals surface area contributed by atoms with Gasteiger partial charge in [0, 0.05) is 30.6 Å². The summed E-state index contributed by atoms with van der Waals surface area (Å²) < 4.78 is 31.6. The Morgan fingerprint density at radius 1 is 1.11 bits per heavy atom. The normalized spacial score (nSPS) is 12.2. The van der Waals surface area contributed by atoms with Crippen molar-refractivity contribution in [1.29, 1.82) is 0 Å². The molecule has 2 aromatic carbocycles. The topological polar surface area (TPSA) is 96.0 Å². The maximum absolute atomic E-state index is 13.3. The minimum Gasteiger partial charge on any atom is -0.497 e. The van der Waals surface area contributed by atoms with Crippen LogP contribution in [0.25, 0.3) is 0 Å². The molecule has 36 heavy (non-hydrogen) atoms. The van der Waals surface area contributed by atoms with Gasteiger partial charge in [0.2, 0.25) is 21.8 Å². The van der Waals surface area contributed by atoms with Crippen LogP contribution in [0.1, 0.15) is 44.7 Å². The van der Waals surface area contributed by atoms with Gasteiger partial charge in [-0.15, -0.1) is 0 Å². The zero-order valence-electron chi connectivity index (χ0n) is 21.7. The number of methoxy groups -OCH3 is 1. The Kier molecular flexibility index (Phi) is 10.6. The van der Waals surface area contributed by atoms with E-state index in [0.29, 0.717) is 16.5 Å². The monoisotopic (exact) mass is 537 g/mol. The molecule has 0 aromatic heterocycles. The van der Waals surface area contributed by atoms with E-state index < -0.39 is 16.1 Å². The summed E-state index contributed by atoms with van der Waals surface area (Å²) in [6.45, 7) is 7.53. The molecule has 2 rings (SSSR count). The number of anilines is 1. The number of aryl methyl sites for hydroxylation is 1. The molecule has 10 heteroatoms. The zero-order chi connectivity index (χ0) is 27.0.